The molecule has 0 unspecified atom stereocenters. The lowest BCUT2D eigenvalue weighted by molar-refractivity contribution is -0.133. The van der Waals surface area contributed by atoms with Crippen LogP contribution in [-0.2, 0) is 9.59 Å². The first-order chi connectivity index (χ1) is 7.15. The van der Waals surface area contributed by atoms with Gasteiger partial charge >= 0.3 is 0 Å². The summed E-state index contributed by atoms with van der Waals surface area (Å²) in [7, 11) is 1.80. The molecule has 86 valence electrons. The van der Waals surface area contributed by atoms with Crippen LogP contribution in [0, 0.1) is 0 Å². The van der Waals surface area contributed by atoms with Crippen LogP contribution >= 0.6 is 0 Å². The van der Waals surface area contributed by atoms with Gasteiger partial charge in [0.15, 0.2) is 0 Å². The first-order valence-electron chi connectivity index (χ1n) is 5.37. The molecule has 5 heteroatoms. The zero-order valence-corrected chi connectivity index (χ0v) is 9.16. The van der Waals surface area contributed by atoms with E-state index in [9.17, 15) is 9.59 Å². The number of carbonyl (C=O) groups excluding carboxylic acids is 2. The Balaban J connectivity index is 2.29. The second-order valence-corrected chi connectivity index (χ2v) is 3.92. The van der Waals surface area contributed by atoms with Crippen molar-refractivity contribution in [3.05, 3.63) is 0 Å². The van der Waals surface area contributed by atoms with Crippen molar-refractivity contribution in [2.24, 2.45) is 5.73 Å². The van der Waals surface area contributed by atoms with Crippen LogP contribution in [0.5, 0.6) is 0 Å². The molecule has 0 bridgehead atoms. The van der Waals surface area contributed by atoms with Crippen LogP contribution in [0.3, 0.4) is 0 Å². The number of nitrogens with two attached hydrogens (primary N) is 1. The monoisotopic (exact) mass is 213 g/mol. The molecule has 1 aliphatic rings. The summed E-state index contributed by atoms with van der Waals surface area (Å²) < 4.78 is 0. The highest BCUT2D eigenvalue weighted by molar-refractivity contribution is 5.85. The molecule has 3 N–H and O–H groups in total. The minimum atomic E-state index is -0.289. The van der Waals surface area contributed by atoms with Gasteiger partial charge in [0, 0.05) is 13.1 Å². The van der Waals surface area contributed by atoms with E-state index in [0.29, 0.717) is 6.04 Å². The maximum Gasteiger partial charge on any atom is 0.241 e. The Morgan fingerprint density at radius 1 is 1.40 bits per heavy atom. The van der Waals surface area contributed by atoms with Crippen molar-refractivity contribution in [3.8, 4) is 0 Å². The van der Waals surface area contributed by atoms with Crippen LogP contribution in [0.2, 0.25) is 0 Å². The highest BCUT2D eigenvalue weighted by Crippen LogP contribution is 2.22. The number of rotatable bonds is 4. The third-order valence-electron chi connectivity index (χ3n) is 2.89. The standard InChI is InChI=1S/C10H19N3O2/c1-13(8-4-2-3-5-8)10(15)7-12-9(14)6-11/h8H,2-7,11H2,1H3,(H,12,14). The minimum Gasteiger partial charge on any atom is -0.346 e. The fourth-order valence-corrected chi connectivity index (χ4v) is 1.87. The van der Waals surface area contributed by atoms with E-state index in [-0.39, 0.29) is 24.9 Å². The molecular formula is C10H19N3O2. The molecule has 0 atom stereocenters. The predicted octanol–water partition coefficient (Wildman–Crippen LogP) is -0.538. The van der Waals surface area contributed by atoms with E-state index in [0.717, 1.165) is 12.8 Å². The largest absolute Gasteiger partial charge is 0.346 e. The van der Waals surface area contributed by atoms with Crippen LogP contribution in [-0.4, -0.2) is 42.9 Å². The van der Waals surface area contributed by atoms with Crippen LogP contribution in [0.15, 0.2) is 0 Å². The van der Waals surface area contributed by atoms with Crippen molar-refractivity contribution in [2.45, 2.75) is 31.7 Å². The third-order valence-corrected chi connectivity index (χ3v) is 2.89. The van der Waals surface area contributed by atoms with Gasteiger partial charge in [-0.3, -0.25) is 9.59 Å². The number of likely N-dealkylation sites (N-methyl/N-ethyl adjacent to an activating group) is 1. The van der Waals surface area contributed by atoms with Crippen molar-refractivity contribution < 1.29 is 9.59 Å². The summed E-state index contributed by atoms with van der Waals surface area (Å²) in [5, 5.41) is 2.48. The third kappa shape index (κ3) is 3.51. The number of hydrogen-bond donors (Lipinski definition) is 2. The molecule has 0 aromatic heterocycles. The van der Waals surface area contributed by atoms with E-state index in [1.54, 1.807) is 11.9 Å². The maximum atomic E-state index is 11.6. The highest BCUT2D eigenvalue weighted by Gasteiger charge is 2.23. The zero-order valence-electron chi connectivity index (χ0n) is 9.16. The molecule has 2 amide bonds. The zero-order chi connectivity index (χ0) is 11.3. The average molecular weight is 213 g/mol. The summed E-state index contributed by atoms with van der Waals surface area (Å²) in [6, 6.07) is 0.354. The normalized spacial score (nSPS) is 16.4. The van der Waals surface area contributed by atoms with Crippen LogP contribution in [0.1, 0.15) is 25.7 Å². The SMILES string of the molecule is CN(C(=O)CNC(=O)CN)C1CCCC1. The predicted molar refractivity (Wildman–Crippen MR) is 57.1 cm³/mol. The molecule has 1 rings (SSSR count). The summed E-state index contributed by atoms with van der Waals surface area (Å²) in [6.45, 7) is -0.0105. The summed E-state index contributed by atoms with van der Waals surface area (Å²) in [4.78, 5) is 24.2. The van der Waals surface area contributed by atoms with Gasteiger partial charge in [0.1, 0.15) is 0 Å². The number of nitrogens with one attached hydrogen (secondary N) is 1. The van der Waals surface area contributed by atoms with Crippen molar-refractivity contribution in [1.29, 1.82) is 0 Å². The van der Waals surface area contributed by atoms with Crippen LogP contribution < -0.4 is 11.1 Å². The number of hydrogen-bond acceptors (Lipinski definition) is 3. The van der Waals surface area contributed by atoms with E-state index in [4.69, 9.17) is 5.73 Å². The first kappa shape index (κ1) is 12.0. The molecule has 0 aromatic rings. The Morgan fingerprint density at radius 3 is 2.53 bits per heavy atom. The lowest BCUT2D eigenvalue weighted by Gasteiger charge is -2.24. The Kier molecular flexibility index (Phi) is 4.55. The van der Waals surface area contributed by atoms with E-state index >= 15 is 0 Å². The molecule has 0 saturated heterocycles. The molecule has 5 nitrogen and oxygen atoms in total. The molecular weight excluding hydrogens is 194 g/mol. The van der Waals surface area contributed by atoms with Gasteiger partial charge < -0.3 is 16.0 Å². The van der Waals surface area contributed by atoms with Gasteiger partial charge in [-0.2, -0.15) is 0 Å². The van der Waals surface area contributed by atoms with Gasteiger partial charge in [-0.1, -0.05) is 12.8 Å². The van der Waals surface area contributed by atoms with E-state index in [1.165, 1.54) is 12.8 Å². The number of carbonyl (C=O) groups is 2. The second-order valence-electron chi connectivity index (χ2n) is 3.92. The second kappa shape index (κ2) is 5.70. The van der Waals surface area contributed by atoms with E-state index in [1.807, 2.05) is 0 Å². The lowest BCUT2D eigenvalue weighted by atomic mass is 10.2. The molecule has 1 saturated carbocycles. The Labute approximate surface area is 90.0 Å². The smallest absolute Gasteiger partial charge is 0.241 e. The molecule has 1 fully saturated rings. The van der Waals surface area contributed by atoms with Crippen molar-refractivity contribution in [1.82, 2.24) is 10.2 Å². The minimum absolute atomic E-state index is 0.0382. The van der Waals surface area contributed by atoms with E-state index < -0.39 is 0 Å². The van der Waals surface area contributed by atoms with Crippen molar-refractivity contribution >= 4 is 11.8 Å². The van der Waals surface area contributed by atoms with Gasteiger partial charge in [-0.05, 0) is 12.8 Å². The van der Waals surface area contributed by atoms with Gasteiger partial charge in [0.05, 0.1) is 13.1 Å². The Bertz CT molecular complexity index is 237. The maximum absolute atomic E-state index is 11.6. The number of amides is 2. The topological polar surface area (TPSA) is 75.4 Å². The summed E-state index contributed by atoms with van der Waals surface area (Å²) in [5.41, 5.74) is 5.12. The summed E-state index contributed by atoms with van der Waals surface area (Å²) in [5.74, 6) is -0.327. The molecule has 0 radical (unpaired) electrons. The Hall–Kier alpha value is -1.10. The molecule has 0 aliphatic heterocycles. The molecule has 0 aromatic carbocycles. The fraction of sp³-hybridized carbons (Fsp3) is 0.800. The average Bonchev–Trinajstić information content (AvgIpc) is 2.77. The molecule has 1 aliphatic carbocycles. The van der Waals surface area contributed by atoms with E-state index in [2.05, 4.69) is 5.32 Å². The van der Waals surface area contributed by atoms with Crippen molar-refractivity contribution in [2.75, 3.05) is 20.1 Å². The lowest BCUT2D eigenvalue weighted by Crippen LogP contribution is -2.43. The quantitative estimate of drug-likeness (QED) is 0.658. The van der Waals surface area contributed by atoms with Gasteiger partial charge in [0.2, 0.25) is 11.8 Å². The van der Waals surface area contributed by atoms with Crippen LogP contribution in [0.4, 0.5) is 0 Å². The highest BCUT2D eigenvalue weighted by atomic mass is 16.2. The van der Waals surface area contributed by atoms with Crippen molar-refractivity contribution in [3.63, 3.8) is 0 Å². The first-order valence-corrected chi connectivity index (χ1v) is 5.37. The molecule has 0 heterocycles. The summed E-state index contributed by atoms with van der Waals surface area (Å²) in [6.07, 6.45) is 4.54. The van der Waals surface area contributed by atoms with Gasteiger partial charge in [-0.25, -0.2) is 0 Å². The number of nitrogens with zero attached hydrogens (tertiary/aromatic N) is 1. The van der Waals surface area contributed by atoms with Crippen LogP contribution in [0.25, 0.3) is 0 Å². The molecule has 0 spiro atoms. The Morgan fingerprint density at radius 2 is 2.00 bits per heavy atom. The molecule has 15 heavy (non-hydrogen) atoms. The van der Waals surface area contributed by atoms with Gasteiger partial charge in [-0.15, -0.1) is 0 Å². The van der Waals surface area contributed by atoms with Gasteiger partial charge in [0.25, 0.3) is 0 Å². The fourth-order valence-electron chi connectivity index (χ4n) is 1.87. The summed E-state index contributed by atoms with van der Waals surface area (Å²) >= 11 is 0.